The van der Waals surface area contributed by atoms with Gasteiger partial charge in [0, 0.05) is 12.3 Å². The van der Waals surface area contributed by atoms with E-state index in [1.54, 1.807) is 13.0 Å². The fraction of sp³-hybridized carbons (Fsp3) is 0.188. The van der Waals surface area contributed by atoms with Gasteiger partial charge in [0.15, 0.2) is 11.5 Å². The second-order valence-corrected chi connectivity index (χ2v) is 4.96. The van der Waals surface area contributed by atoms with E-state index in [0.717, 1.165) is 0 Å². The molecule has 2 aromatic rings. The number of methoxy groups -OCH3 is 2. The largest absolute Gasteiger partial charge is 0.493 e. The third kappa shape index (κ3) is 3.71. The Bertz CT molecular complexity index is 863. The van der Waals surface area contributed by atoms with Gasteiger partial charge in [-0.2, -0.15) is 0 Å². The number of ether oxygens (including phenoxy) is 2. The standard InChI is InChI=1S/C16H15N3O6/c1-10-12(5-4-6-13(10)18(20)21)17-9-11-7-15(24-2)16(25-3)8-14(11)19(22)23/h4-9H,1-3H3. The summed E-state index contributed by atoms with van der Waals surface area (Å²) >= 11 is 0. The number of rotatable bonds is 6. The Hall–Kier alpha value is -3.49. The number of hydrogen-bond acceptors (Lipinski definition) is 7. The maximum Gasteiger partial charge on any atom is 0.282 e. The van der Waals surface area contributed by atoms with E-state index in [9.17, 15) is 20.2 Å². The van der Waals surface area contributed by atoms with Crippen molar-refractivity contribution in [1.82, 2.24) is 0 Å². The van der Waals surface area contributed by atoms with E-state index >= 15 is 0 Å². The quantitative estimate of drug-likeness (QED) is 0.448. The number of aliphatic imine (C=N–C) groups is 1. The van der Waals surface area contributed by atoms with Crippen LogP contribution in [0.3, 0.4) is 0 Å². The summed E-state index contributed by atoms with van der Waals surface area (Å²) in [5.41, 5.74) is 0.611. The molecule has 2 rings (SSSR count). The Balaban J connectivity index is 2.53. The highest BCUT2D eigenvalue weighted by Crippen LogP contribution is 2.34. The van der Waals surface area contributed by atoms with Gasteiger partial charge in [0.05, 0.1) is 46.9 Å². The summed E-state index contributed by atoms with van der Waals surface area (Å²) in [6.07, 6.45) is 1.27. The van der Waals surface area contributed by atoms with Crippen LogP contribution >= 0.6 is 0 Å². The first-order valence-corrected chi connectivity index (χ1v) is 7.07. The van der Waals surface area contributed by atoms with E-state index in [4.69, 9.17) is 9.47 Å². The summed E-state index contributed by atoms with van der Waals surface area (Å²) in [6, 6.07) is 7.12. The number of benzene rings is 2. The minimum Gasteiger partial charge on any atom is -0.493 e. The number of nitrogens with zero attached hydrogens (tertiary/aromatic N) is 3. The zero-order valence-electron chi connectivity index (χ0n) is 13.8. The van der Waals surface area contributed by atoms with Gasteiger partial charge in [-0.05, 0) is 19.1 Å². The molecule has 0 spiro atoms. The van der Waals surface area contributed by atoms with E-state index in [2.05, 4.69) is 4.99 Å². The van der Waals surface area contributed by atoms with Crippen LogP contribution in [0.2, 0.25) is 0 Å². The molecule has 0 aliphatic rings. The van der Waals surface area contributed by atoms with Crippen LogP contribution in [0.1, 0.15) is 11.1 Å². The molecule has 0 aromatic heterocycles. The van der Waals surface area contributed by atoms with Crippen LogP contribution < -0.4 is 9.47 Å². The summed E-state index contributed by atoms with van der Waals surface area (Å²) in [5.74, 6) is 0.531. The zero-order valence-corrected chi connectivity index (χ0v) is 13.8. The van der Waals surface area contributed by atoms with Crippen LogP contribution in [0.25, 0.3) is 0 Å². The number of nitro benzene ring substituents is 2. The van der Waals surface area contributed by atoms with Crippen molar-refractivity contribution < 1.29 is 19.3 Å². The molecule has 0 heterocycles. The van der Waals surface area contributed by atoms with Gasteiger partial charge in [0.1, 0.15) is 0 Å². The predicted octanol–water partition coefficient (Wildman–Crippen LogP) is 3.58. The second kappa shape index (κ2) is 7.39. The Morgan fingerprint density at radius 3 is 2.16 bits per heavy atom. The number of nitro groups is 2. The molecule has 0 bridgehead atoms. The van der Waals surface area contributed by atoms with Crippen LogP contribution in [-0.2, 0) is 0 Å². The fourth-order valence-corrected chi connectivity index (χ4v) is 2.23. The highest BCUT2D eigenvalue weighted by atomic mass is 16.6. The molecule has 0 amide bonds. The Morgan fingerprint density at radius 1 is 1.00 bits per heavy atom. The Labute approximate surface area is 142 Å². The maximum atomic E-state index is 11.3. The Kier molecular flexibility index (Phi) is 5.28. The van der Waals surface area contributed by atoms with Gasteiger partial charge in [-0.15, -0.1) is 0 Å². The molecule has 0 unspecified atom stereocenters. The van der Waals surface area contributed by atoms with Crippen molar-refractivity contribution >= 4 is 23.3 Å². The van der Waals surface area contributed by atoms with E-state index in [0.29, 0.717) is 17.0 Å². The summed E-state index contributed by atoms with van der Waals surface area (Å²) in [4.78, 5) is 25.3. The van der Waals surface area contributed by atoms with Crippen LogP contribution in [0.4, 0.5) is 17.1 Å². The first-order chi connectivity index (χ1) is 11.9. The molecule has 0 atom stereocenters. The summed E-state index contributed by atoms with van der Waals surface area (Å²) < 4.78 is 10.2. The average molecular weight is 345 g/mol. The molecule has 130 valence electrons. The van der Waals surface area contributed by atoms with E-state index in [1.165, 1.54) is 44.7 Å². The van der Waals surface area contributed by atoms with Crippen molar-refractivity contribution in [3.05, 3.63) is 61.7 Å². The normalized spacial score (nSPS) is 10.7. The van der Waals surface area contributed by atoms with Crippen molar-refractivity contribution in [2.24, 2.45) is 4.99 Å². The van der Waals surface area contributed by atoms with E-state index in [1.807, 2.05) is 0 Å². The molecule has 0 saturated carbocycles. The van der Waals surface area contributed by atoms with Crippen molar-refractivity contribution in [2.45, 2.75) is 6.92 Å². The average Bonchev–Trinajstić information content (AvgIpc) is 2.59. The van der Waals surface area contributed by atoms with Gasteiger partial charge in [0.25, 0.3) is 11.4 Å². The lowest BCUT2D eigenvalue weighted by Crippen LogP contribution is -1.99. The van der Waals surface area contributed by atoms with Gasteiger partial charge in [-0.25, -0.2) is 0 Å². The lowest BCUT2D eigenvalue weighted by molar-refractivity contribution is -0.385. The lowest BCUT2D eigenvalue weighted by atomic mass is 10.1. The first kappa shape index (κ1) is 17.9. The van der Waals surface area contributed by atoms with Crippen LogP contribution in [-0.4, -0.2) is 30.3 Å². The predicted molar refractivity (Wildman–Crippen MR) is 91.3 cm³/mol. The molecule has 25 heavy (non-hydrogen) atoms. The van der Waals surface area contributed by atoms with Crippen LogP contribution in [0.5, 0.6) is 11.5 Å². The fourth-order valence-electron chi connectivity index (χ4n) is 2.23. The van der Waals surface area contributed by atoms with Crippen molar-refractivity contribution in [2.75, 3.05) is 14.2 Å². The molecule has 0 saturated heterocycles. The molecular weight excluding hydrogens is 330 g/mol. The molecule has 0 aliphatic heterocycles. The molecule has 0 N–H and O–H groups in total. The molecule has 9 heteroatoms. The molecule has 9 nitrogen and oxygen atoms in total. The van der Waals surface area contributed by atoms with Gasteiger partial charge in [-0.1, -0.05) is 6.07 Å². The minimum atomic E-state index is -0.566. The zero-order chi connectivity index (χ0) is 18.6. The lowest BCUT2D eigenvalue weighted by Gasteiger charge is -2.08. The molecule has 0 fully saturated rings. The second-order valence-electron chi connectivity index (χ2n) is 4.96. The van der Waals surface area contributed by atoms with E-state index < -0.39 is 9.85 Å². The van der Waals surface area contributed by atoms with E-state index in [-0.39, 0.29) is 22.7 Å². The van der Waals surface area contributed by atoms with Crippen molar-refractivity contribution in [3.8, 4) is 11.5 Å². The SMILES string of the molecule is COc1cc(C=Nc2cccc([N+](=O)[O-])c2C)c([N+](=O)[O-])cc1OC. The molecule has 2 aromatic carbocycles. The maximum absolute atomic E-state index is 11.3. The van der Waals surface area contributed by atoms with Gasteiger partial charge >= 0.3 is 0 Å². The smallest absolute Gasteiger partial charge is 0.282 e. The topological polar surface area (TPSA) is 117 Å². The molecule has 0 radical (unpaired) electrons. The van der Waals surface area contributed by atoms with Gasteiger partial charge < -0.3 is 9.47 Å². The van der Waals surface area contributed by atoms with Crippen LogP contribution in [0, 0.1) is 27.2 Å². The van der Waals surface area contributed by atoms with Crippen molar-refractivity contribution in [1.29, 1.82) is 0 Å². The van der Waals surface area contributed by atoms with Gasteiger partial charge in [-0.3, -0.25) is 25.2 Å². The third-order valence-corrected chi connectivity index (χ3v) is 3.55. The Morgan fingerprint density at radius 2 is 1.60 bits per heavy atom. The highest BCUT2D eigenvalue weighted by molar-refractivity contribution is 5.89. The summed E-state index contributed by atoms with van der Waals surface area (Å²) in [6.45, 7) is 1.56. The summed E-state index contributed by atoms with van der Waals surface area (Å²) in [5, 5.41) is 22.2. The monoisotopic (exact) mass is 345 g/mol. The molecule has 0 aliphatic carbocycles. The third-order valence-electron chi connectivity index (χ3n) is 3.55. The first-order valence-electron chi connectivity index (χ1n) is 7.07. The number of hydrogen-bond donors (Lipinski definition) is 0. The highest BCUT2D eigenvalue weighted by Gasteiger charge is 2.19. The summed E-state index contributed by atoms with van der Waals surface area (Å²) in [7, 11) is 2.79. The molecular formula is C16H15N3O6. The van der Waals surface area contributed by atoms with Gasteiger partial charge in [0.2, 0.25) is 0 Å². The van der Waals surface area contributed by atoms with Crippen LogP contribution in [0.15, 0.2) is 35.3 Å². The van der Waals surface area contributed by atoms with Crippen molar-refractivity contribution in [3.63, 3.8) is 0 Å². The minimum absolute atomic E-state index is 0.0727.